The van der Waals surface area contributed by atoms with Crippen molar-refractivity contribution in [3.63, 3.8) is 0 Å². The molecule has 3 nitrogen and oxygen atoms in total. The van der Waals surface area contributed by atoms with Gasteiger partial charge in [0.05, 0.1) is 6.04 Å². The number of nitrogens with one attached hydrogen (secondary N) is 1. The van der Waals surface area contributed by atoms with E-state index >= 15 is 0 Å². The minimum Gasteiger partial charge on any atom is -0.334 e. The standard InChI is InChI=1S/C14H27N3/c1-6-8-15-12(14(3,4)5)13-16-9-11-17(13)10-7-2/h9,11-12,15H,6-8,10H2,1-5H3. The lowest BCUT2D eigenvalue weighted by Gasteiger charge is -2.31. The molecule has 0 saturated carbocycles. The molecule has 0 amide bonds. The molecule has 1 atom stereocenters. The Labute approximate surface area is 106 Å². The molecule has 0 aliphatic rings. The largest absolute Gasteiger partial charge is 0.334 e. The zero-order valence-electron chi connectivity index (χ0n) is 12.0. The summed E-state index contributed by atoms with van der Waals surface area (Å²) in [5.41, 5.74) is 0.187. The molecule has 98 valence electrons. The first-order valence-corrected chi connectivity index (χ1v) is 6.75. The Morgan fingerprint density at radius 1 is 1.29 bits per heavy atom. The van der Waals surface area contributed by atoms with Crippen LogP contribution in [0.25, 0.3) is 0 Å². The van der Waals surface area contributed by atoms with E-state index in [-0.39, 0.29) is 5.41 Å². The summed E-state index contributed by atoms with van der Waals surface area (Å²) in [5.74, 6) is 1.17. The highest BCUT2D eigenvalue weighted by molar-refractivity contribution is 5.03. The molecule has 0 spiro atoms. The van der Waals surface area contributed by atoms with Gasteiger partial charge in [-0.2, -0.15) is 0 Å². The fourth-order valence-electron chi connectivity index (χ4n) is 2.08. The molecule has 1 aromatic heterocycles. The average Bonchev–Trinajstić information content (AvgIpc) is 2.66. The van der Waals surface area contributed by atoms with Crippen molar-refractivity contribution in [3.05, 3.63) is 18.2 Å². The van der Waals surface area contributed by atoms with E-state index in [1.54, 1.807) is 0 Å². The van der Waals surface area contributed by atoms with Crippen LogP contribution in [0.5, 0.6) is 0 Å². The predicted octanol–water partition coefficient (Wildman–Crippen LogP) is 3.38. The lowest BCUT2D eigenvalue weighted by atomic mass is 9.86. The average molecular weight is 237 g/mol. The van der Waals surface area contributed by atoms with Gasteiger partial charge in [0.25, 0.3) is 0 Å². The molecule has 0 aliphatic carbocycles. The van der Waals surface area contributed by atoms with Crippen LogP contribution < -0.4 is 5.32 Å². The Bertz CT molecular complexity index is 322. The molecule has 1 heterocycles. The van der Waals surface area contributed by atoms with Crippen molar-refractivity contribution in [1.82, 2.24) is 14.9 Å². The van der Waals surface area contributed by atoms with Gasteiger partial charge in [-0.15, -0.1) is 0 Å². The van der Waals surface area contributed by atoms with E-state index in [2.05, 4.69) is 55.7 Å². The monoisotopic (exact) mass is 237 g/mol. The van der Waals surface area contributed by atoms with E-state index < -0.39 is 0 Å². The summed E-state index contributed by atoms with van der Waals surface area (Å²) in [4.78, 5) is 4.55. The zero-order chi connectivity index (χ0) is 12.9. The second-order valence-electron chi connectivity index (χ2n) is 5.73. The molecule has 1 aromatic rings. The fourth-order valence-corrected chi connectivity index (χ4v) is 2.08. The Morgan fingerprint density at radius 3 is 2.53 bits per heavy atom. The number of nitrogens with zero attached hydrogens (tertiary/aromatic N) is 2. The third-order valence-electron chi connectivity index (χ3n) is 2.93. The van der Waals surface area contributed by atoms with Crippen LogP contribution in [-0.4, -0.2) is 16.1 Å². The van der Waals surface area contributed by atoms with Gasteiger partial charge < -0.3 is 9.88 Å². The number of aryl methyl sites for hydroxylation is 1. The Balaban J connectivity index is 2.91. The summed E-state index contributed by atoms with van der Waals surface area (Å²) in [6.07, 6.45) is 6.30. The number of hydrogen-bond donors (Lipinski definition) is 1. The van der Waals surface area contributed by atoms with E-state index in [1.165, 1.54) is 5.82 Å². The molecule has 0 aliphatic heterocycles. The van der Waals surface area contributed by atoms with Gasteiger partial charge in [-0.3, -0.25) is 0 Å². The molecular formula is C14H27N3. The van der Waals surface area contributed by atoms with Crippen LogP contribution in [-0.2, 0) is 6.54 Å². The van der Waals surface area contributed by atoms with Crippen LogP contribution in [0, 0.1) is 5.41 Å². The Kier molecular flexibility index (Phi) is 5.19. The molecule has 1 unspecified atom stereocenters. The summed E-state index contributed by atoms with van der Waals surface area (Å²) in [6, 6.07) is 0.323. The first-order chi connectivity index (χ1) is 8.00. The van der Waals surface area contributed by atoms with E-state index in [9.17, 15) is 0 Å². The van der Waals surface area contributed by atoms with Crippen LogP contribution in [0.4, 0.5) is 0 Å². The predicted molar refractivity (Wildman–Crippen MR) is 73.0 cm³/mol. The second kappa shape index (κ2) is 6.20. The molecule has 0 aromatic carbocycles. The van der Waals surface area contributed by atoms with Gasteiger partial charge in [0.1, 0.15) is 5.82 Å². The third-order valence-corrected chi connectivity index (χ3v) is 2.93. The number of rotatable bonds is 6. The van der Waals surface area contributed by atoms with E-state index in [1.807, 2.05) is 6.20 Å². The quantitative estimate of drug-likeness (QED) is 0.822. The van der Waals surface area contributed by atoms with Gasteiger partial charge >= 0.3 is 0 Å². The normalized spacial score (nSPS) is 13.9. The van der Waals surface area contributed by atoms with E-state index in [0.717, 1.165) is 25.9 Å². The lowest BCUT2D eigenvalue weighted by Crippen LogP contribution is -2.35. The molecular weight excluding hydrogens is 210 g/mol. The number of imidazole rings is 1. The summed E-state index contributed by atoms with van der Waals surface area (Å²) < 4.78 is 2.28. The molecule has 17 heavy (non-hydrogen) atoms. The van der Waals surface area contributed by atoms with Crippen molar-refractivity contribution in [2.24, 2.45) is 5.41 Å². The molecule has 1 N–H and O–H groups in total. The maximum absolute atomic E-state index is 4.55. The highest BCUT2D eigenvalue weighted by Gasteiger charge is 2.28. The zero-order valence-corrected chi connectivity index (χ0v) is 12.0. The lowest BCUT2D eigenvalue weighted by molar-refractivity contribution is 0.256. The van der Waals surface area contributed by atoms with Crippen molar-refractivity contribution >= 4 is 0 Å². The molecule has 0 saturated heterocycles. The third kappa shape index (κ3) is 3.84. The van der Waals surface area contributed by atoms with Gasteiger partial charge in [-0.1, -0.05) is 34.6 Å². The minimum atomic E-state index is 0.187. The highest BCUT2D eigenvalue weighted by Crippen LogP contribution is 2.31. The highest BCUT2D eigenvalue weighted by atomic mass is 15.1. The van der Waals surface area contributed by atoms with Crippen molar-refractivity contribution in [3.8, 4) is 0 Å². The maximum Gasteiger partial charge on any atom is 0.126 e. The molecule has 0 radical (unpaired) electrons. The van der Waals surface area contributed by atoms with Gasteiger partial charge in [-0.05, 0) is 24.8 Å². The Hall–Kier alpha value is -0.830. The fraction of sp³-hybridized carbons (Fsp3) is 0.786. The van der Waals surface area contributed by atoms with Crippen LogP contribution in [0.1, 0.15) is 59.3 Å². The first-order valence-electron chi connectivity index (χ1n) is 6.75. The summed E-state index contributed by atoms with van der Waals surface area (Å²) in [5, 5.41) is 3.63. The smallest absolute Gasteiger partial charge is 0.126 e. The summed E-state index contributed by atoms with van der Waals surface area (Å²) in [6.45, 7) is 13.3. The van der Waals surface area contributed by atoms with Crippen molar-refractivity contribution in [2.75, 3.05) is 6.54 Å². The van der Waals surface area contributed by atoms with Crippen LogP contribution >= 0.6 is 0 Å². The molecule has 0 bridgehead atoms. The number of aromatic nitrogens is 2. The minimum absolute atomic E-state index is 0.187. The van der Waals surface area contributed by atoms with E-state index in [4.69, 9.17) is 0 Å². The summed E-state index contributed by atoms with van der Waals surface area (Å²) >= 11 is 0. The van der Waals surface area contributed by atoms with Gasteiger partial charge in [0, 0.05) is 18.9 Å². The van der Waals surface area contributed by atoms with Gasteiger partial charge in [0.15, 0.2) is 0 Å². The van der Waals surface area contributed by atoms with Crippen molar-refractivity contribution in [1.29, 1.82) is 0 Å². The van der Waals surface area contributed by atoms with Crippen LogP contribution in [0.15, 0.2) is 12.4 Å². The summed E-state index contributed by atoms with van der Waals surface area (Å²) in [7, 11) is 0. The topological polar surface area (TPSA) is 29.9 Å². The SMILES string of the molecule is CCCNC(c1nccn1CCC)C(C)(C)C. The maximum atomic E-state index is 4.55. The first kappa shape index (κ1) is 14.2. The molecule has 0 fully saturated rings. The van der Waals surface area contributed by atoms with Crippen molar-refractivity contribution in [2.45, 2.75) is 60.0 Å². The van der Waals surface area contributed by atoms with Gasteiger partial charge in [-0.25, -0.2) is 4.98 Å². The number of hydrogen-bond acceptors (Lipinski definition) is 2. The Morgan fingerprint density at radius 2 is 2.00 bits per heavy atom. The van der Waals surface area contributed by atoms with Crippen LogP contribution in [0.3, 0.4) is 0 Å². The second-order valence-corrected chi connectivity index (χ2v) is 5.73. The van der Waals surface area contributed by atoms with Crippen molar-refractivity contribution < 1.29 is 0 Å². The molecule has 3 heteroatoms. The van der Waals surface area contributed by atoms with Crippen LogP contribution in [0.2, 0.25) is 0 Å². The molecule has 1 rings (SSSR count). The van der Waals surface area contributed by atoms with Gasteiger partial charge in [0.2, 0.25) is 0 Å². The van der Waals surface area contributed by atoms with E-state index in [0.29, 0.717) is 6.04 Å².